The number of esters is 2. The minimum atomic E-state index is -0.784. The molecule has 5 heteroatoms. The summed E-state index contributed by atoms with van der Waals surface area (Å²) in [5, 5.41) is 9.59. The van der Waals surface area contributed by atoms with Crippen molar-refractivity contribution in [3.05, 3.63) is 85.1 Å². The Hall–Kier alpha value is -2.92. The molecule has 0 aliphatic carbocycles. The number of carbonyl (C=O) groups excluding carboxylic acids is 2. The van der Waals surface area contributed by atoms with Gasteiger partial charge in [-0.25, -0.2) is 0 Å². The fourth-order valence-corrected chi connectivity index (χ4v) is 6.20. The van der Waals surface area contributed by atoms with E-state index in [2.05, 4.69) is 98.9 Å². The van der Waals surface area contributed by atoms with Crippen molar-refractivity contribution in [3.63, 3.8) is 0 Å². The summed E-state index contributed by atoms with van der Waals surface area (Å²) in [6.07, 6.45) is 63.7. The van der Waals surface area contributed by atoms with E-state index in [-0.39, 0.29) is 25.2 Å². The molecule has 0 spiro atoms. The third kappa shape index (κ3) is 43.8. The monoisotopic (exact) mass is 779 g/mol. The van der Waals surface area contributed by atoms with Crippen molar-refractivity contribution in [2.24, 2.45) is 0 Å². The first-order valence-electron chi connectivity index (χ1n) is 23.1. The first-order valence-corrected chi connectivity index (χ1v) is 23.1. The summed E-state index contributed by atoms with van der Waals surface area (Å²) in [6.45, 7) is 4.00. The number of allylic oxidation sites excluding steroid dienone is 14. The van der Waals surface area contributed by atoms with Gasteiger partial charge in [-0.3, -0.25) is 9.59 Å². The number of carbonyl (C=O) groups is 2. The van der Waals surface area contributed by atoms with Gasteiger partial charge >= 0.3 is 11.9 Å². The van der Waals surface area contributed by atoms with E-state index in [9.17, 15) is 14.7 Å². The highest BCUT2D eigenvalue weighted by atomic mass is 16.6. The van der Waals surface area contributed by atoms with Gasteiger partial charge in [0.1, 0.15) is 6.61 Å². The number of hydrogen-bond donors (Lipinski definition) is 1. The lowest BCUT2D eigenvalue weighted by Crippen LogP contribution is -2.28. The second kappa shape index (κ2) is 46.5. The minimum absolute atomic E-state index is 0.0771. The van der Waals surface area contributed by atoms with Crippen LogP contribution in [0.3, 0.4) is 0 Å². The molecule has 0 bridgehead atoms. The van der Waals surface area contributed by atoms with Crippen LogP contribution < -0.4 is 0 Å². The molecule has 0 aromatic carbocycles. The standard InChI is InChI=1S/C51H86O5/c1-3-5-7-9-11-13-15-17-19-20-21-22-23-24-25-26-27-28-29-30-32-34-36-38-40-42-44-46-51(54)56-49(47-52)48-55-50(53)45-43-41-39-37-35-33-31-18-16-14-12-10-8-6-4-2/h5,7,11,13,17-19,21-22,24-25,27-28,31,49,52H,3-4,6,8-10,12,14-16,20,23,26,29-30,32-48H2,1-2H3/b7-5-,13-11-,19-17-,22-21-,25-24-,28-27-,31-18-. The number of aliphatic hydroxyl groups is 1. The van der Waals surface area contributed by atoms with Crippen LogP contribution in [0.2, 0.25) is 0 Å². The van der Waals surface area contributed by atoms with Gasteiger partial charge in [0, 0.05) is 12.8 Å². The second-order valence-corrected chi connectivity index (χ2v) is 15.1. The van der Waals surface area contributed by atoms with Crippen LogP contribution in [0.15, 0.2) is 85.1 Å². The van der Waals surface area contributed by atoms with Crippen LogP contribution in [-0.4, -0.2) is 36.4 Å². The average molecular weight is 779 g/mol. The molecule has 0 rings (SSSR count). The third-order valence-electron chi connectivity index (χ3n) is 9.67. The van der Waals surface area contributed by atoms with Gasteiger partial charge in [0.05, 0.1) is 6.61 Å². The summed E-state index contributed by atoms with van der Waals surface area (Å²) in [4.78, 5) is 24.4. The van der Waals surface area contributed by atoms with Crippen molar-refractivity contribution >= 4 is 11.9 Å². The Morgan fingerprint density at radius 2 is 0.768 bits per heavy atom. The number of ether oxygens (including phenoxy) is 2. The van der Waals surface area contributed by atoms with Gasteiger partial charge in [-0.2, -0.15) is 0 Å². The summed E-state index contributed by atoms with van der Waals surface area (Å²) in [5.41, 5.74) is 0. The molecular weight excluding hydrogens is 693 g/mol. The van der Waals surface area contributed by atoms with E-state index >= 15 is 0 Å². The summed E-state index contributed by atoms with van der Waals surface area (Å²) in [7, 11) is 0. The van der Waals surface area contributed by atoms with Crippen molar-refractivity contribution in [1.29, 1.82) is 0 Å². The Morgan fingerprint density at radius 3 is 1.18 bits per heavy atom. The molecule has 0 aromatic rings. The maximum absolute atomic E-state index is 12.2. The van der Waals surface area contributed by atoms with Gasteiger partial charge in [0.25, 0.3) is 0 Å². The Bertz CT molecular complexity index is 1060. The van der Waals surface area contributed by atoms with Crippen LogP contribution in [0, 0.1) is 0 Å². The minimum Gasteiger partial charge on any atom is -0.462 e. The summed E-state index contributed by atoms with van der Waals surface area (Å²) < 4.78 is 10.6. The maximum Gasteiger partial charge on any atom is 0.306 e. The Balaban J connectivity index is 3.59. The molecule has 0 heterocycles. The summed E-state index contributed by atoms with van der Waals surface area (Å²) >= 11 is 0. The van der Waals surface area contributed by atoms with Crippen LogP contribution >= 0.6 is 0 Å². The van der Waals surface area contributed by atoms with E-state index < -0.39 is 6.10 Å². The predicted molar refractivity (Wildman–Crippen MR) is 242 cm³/mol. The highest BCUT2D eigenvalue weighted by molar-refractivity contribution is 5.70. The zero-order chi connectivity index (χ0) is 40.7. The molecule has 0 aliphatic heterocycles. The molecule has 0 aromatic heterocycles. The molecule has 1 atom stereocenters. The smallest absolute Gasteiger partial charge is 0.306 e. The Labute approximate surface area is 346 Å². The van der Waals surface area contributed by atoms with Gasteiger partial charge < -0.3 is 14.6 Å². The van der Waals surface area contributed by atoms with Crippen LogP contribution in [0.4, 0.5) is 0 Å². The van der Waals surface area contributed by atoms with Crippen molar-refractivity contribution in [3.8, 4) is 0 Å². The quantitative estimate of drug-likeness (QED) is 0.0380. The molecule has 1 N–H and O–H groups in total. The predicted octanol–water partition coefficient (Wildman–Crippen LogP) is 15.1. The second-order valence-electron chi connectivity index (χ2n) is 15.1. The molecular formula is C51H86O5. The summed E-state index contributed by atoms with van der Waals surface area (Å²) in [5.74, 6) is -0.613. The molecule has 0 fully saturated rings. The highest BCUT2D eigenvalue weighted by Gasteiger charge is 2.16. The largest absolute Gasteiger partial charge is 0.462 e. The first kappa shape index (κ1) is 53.1. The molecule has 1 unspecified atom stereocenters. The van der Waals surface area contributed by atoms with Gasteiger partial charge in [-0.1, -0.05) is 189 Å². The van der Waals surface area contributed by atoms with E-state index in [1.54, 1.807) is 0 Å². The number of aliphatic hydroxyl groups excluding tert-OH is 1. The van der Waals surface area contributed by atoms with Crippen LogP contribution in [0.1, 0.15) is 206 Å². The zero-order valence-corrected chi connectivity index (χ0v) is 36.4. The number of unbranched alkanes of at least 4 members (excludes halogenated alkanes) is 19. The fraction of sp³-hybridized carbons (Fsp3) is 0.686. The molecule has 5 nitrogen and oxygen atoms in total. The van der Waals surface area contributed by atoms with Crippen LogP contribution in [0.5, 0.6) is 0 Å². The first-order chi connectivity index (χ1) is 27.6. The van der Waals surface area contributed by atoms with Gasteiger partial charge in [-0.15, -0.1) is 0 Å². The van der Waals surface area contributed by atoms with Crippen molar-refractivity contribution in [1.82, 2.24) is 0 Å². The molecule has 0 aliphatic rings. The molecule has 0 radical (unpaired) electrons. The molecule has 56 heavy (non-hydrogen) atoms. The van der Waals surface area contributed by atoms with E-state index in [1.807, 2.05) is 0 Å². The summed E-state index contributed by atoms with van der Waals surface area (Å²) in [6, 6.07) is 0. The molecule has 0 saturated carbocycles. The third-order valence-corrected chi connectivity index (χ3v) is 9.67. The Kier molecular flexibility index (Phi) is 44.0. The topological polar surface area (TPSA) is 72.8 Å². The zero-order valence-electron chi connectivity index (χ0n) is 36.4. The lowest BCUT2D eigenvalue weighted by Gasteiger charge is -2.15. The van der Waals surface area contributed by atoms with E-state index in [4.69, 9.17) is 9.47 Å². The Morgan fingerprint density at radius 1 is 0.429 bits per heavy atom. The number of rotatable bonds is 41. The van der Waals surface area contributed by atoms with Crippen molar-refractivity contribution in [2.75, 3.05) is 13.2 Å². The van der Waals surface area contributed by atoms with E-state index in [1.165, 1.54) is 89.9 Å². The van der Waals surface area contributed by atoms with Crippen molar-refractivity contribution in [2.45, 2.75) is 213 Å². The average Bonchev–Trinajstić information content (AvgIpc) is 3.20. The van der Waals surface area contributed by atoms with E-state index in [0.717, 1.165) is 89.9 Å². The highest BCUT2D eigenvalue weighted by Crippen LogP contribution is 2.13. The van der Waals surface area contributed by atoms with E-state index in [0.29, 0.717) is 12.8 Å². The normalized spacial score (nSPS) is 13.0. The fourth-order valence-electron chi connectivity index (χ4n) is 6.20. The maximum atomic E-state index is 12.2. The SMILES string of the molecule is CC/C=C\C/C=C\C/C=C\C/C=C\C/C=C\C/C=C\CCCCCCCCCCC(=O)OC(CO)COC(=O)CCCCCCC/C=C\CCCCCCCC. The molecule has 0 amide bonds. The van der Waals surface area contributed by atoms with Crippen LogP contribution in [0.25, 0.3) is 0 Å². The lowest BCUT2D eigenvalue weighted by molar-refractivity contribution is -0.161. The molecule has 320 valence electrons. The van der Waals surface area contributed by atoms with Gasteiger partial charge in [0.2, 0.25) is 0 Å². The number of hydrogen-bond acceptors (Lipinski definition) is 5. The van der Waals surface area contributed by atoms with Crippen molar-refractivity contribution < 1.29 is 24.2 Å². The van der Waals surface area contributed by atoms with Crippen LogP contribution in [-0.2, 0) is 19.1 Å². The lowest BCUT2D eigenvalue weighted by atomic mass is 10.1. The van der Waals surface area contributed by atoms with Gasteiger partial charge in [0.15, 0.2) is 6.10 Å². The van der Waals surface area contributed by atoms with Gasteiger partial charge in [-0.05, 0) is 89.9 Å². The molecule has 0 saturated heterocycles.